The van der Waals surface area contributed by atoms with Crippen molar-refractivity contribution in [1.29, 1.82) is 0 Å². The van der Waals surface area contributed by atoms with Gasteiger partial charge in [-0.1, -0.05) is 85.0 Å². The molecular formula is C33H26N2. The second-order valence-corrected chi connectivity index (χ2v) is 9.34. The number of hydrogen-bond acceptors (Lipinski definition) is 0. The van der Waals surface area contributed by atoms with E-state index in [-0.39, 0.29) is 0 Å². The Balaban J connectivity index is 1.61. The number of allylic oxidation sites excluding steroid dienone is 4. The predicted octanol–water partition coefficient (Wildman–Crippen LogP) is 8.52. The van der Waals surface area contributed by atoms with Gasteiger partial charge in [0, 0.05) is 40.2 Å². The van der Waals surface area contributed by atoms with E-state index in [4.69, 9.17) is 0 Å². The van der Waals surface area contributed by atoms with Crippen LogP contribution in [0.1, 0.15) is 24.0 Å². The van der Waals surface area contributed by atoms with E-state index in [0.29, 0.717) is 0 Å². The lowest BCUT2D eigenvalue weighted by Gasteiger charge is -2.15. The second-order valence-electron chi connectivity index (χ2n) is 9.34. The number of benzene rings is 4. The third kappa shape index (κ3) is 3.25. The lowest BCUT2D eigenvalue weighted by Crippen LogP contribution is -2.01. The molecule has 0 radical (unpaired) electrons. The molecule has 7 rings (SSSR count). The van der Waals surface area contributed by atoms with E-state index < -0.39 is 0 Å². The Morgan fingerprint density at radius 2 is 1.46 bits per heavy atom. The molecule has 168 valence electrons. The Morgan fingerprint density at radius 1 is 0.686 bits per heavy atom. The molecule has 1 aliphatic rings. The van der Waals surface area contributed by atoms with Gasteiger partial charge in [-0.3, -0.25) is 0 Å². The monoisotopic (exact) mass is 450 g/mol. The molecule has 6 aromatic rings. The molecule has 2 heterocycles. The van der Waals surface area contributed by atoms with Gasteiger partial charge in [0.15, 0.2) is 0 Å². The zero-order valence-electron chi connectivity index (χ0n) is 19.6. The summed E-state index contributed by atoms with van der Waals surface area (Å²) in [6.45, 7) is 0.858. The molecule has 0 bridgehead atoms. The molecule has 0 fully saturated rings. The third-order valence-corrected chi connectivity index (χ3v) is 7.20. The van der Waals surface area contributed by atoms with E-state index in [2.05, 4.69) is 131 Å². The van der Waals surface area contributed by atoms with Crippen molar-refractivity contribution in [3.63, 3.8) is 0 Å². The first-order chi connectivity index (χ1) is 17.4. The summed E-state index contributed by atoms with van der Waals surface area (Å²) in [6, 6.07) is 35.1. The first-order valence-corrected chi connectivity index (χ1v) is 12.4. The van der Waals surface area contributed by atoms with Gasteiger partial charge < -0.3 is 9.13 Å². The zero-order valence-corrected chi connectivity index (χ0v) is 19.6. The van der Waals surface area contributed by atoms with Crippen LogP contribution < -0.4 is 0 Å². The van der Waals surface area contributed by atoms with E-state index in [9.17, 15) is 0 Å². The van der Waals surface area contributed by atoms with Crippen molar-refractivity contribution in [2.24, 2.45) is 0 Å². The second kappa shape index (κ2) is 8.18. The largest absolute Gasteiger partial charge is 0.343 e. The van der Waals surface area contributed by atoms with Gasteiger partial charge in [0.25, 0.3) is 0 Å². The van der Waals surface area contributed by atoms with Crippen LogP contribution in [0.2, 0.25) is 0 Å². The van der Waals surface area contributed by atoms with Crippen LogP contribution in [0.5, 0.6) is 0 Å². The van der Waals surface area contributed by atoms with Crippen molar-refractivity contribution in [2.45, 2.75) is 19.4 Å². The minimum Gasteiger partial charge on any atom is -0.343 e. The Morgan fingerprint density at radius 3 is 2.26 bits per heavy atom. The fraction of sp³-hybridized carbons (Fsp3) is 0.0909. The topological polar surface area (TPSA) is 9.86 Å². The number of rotatable bonds is 4. The summed E-state index contributed by atoms with van der Waals surface area (Å²) in [4.78, 5) is 0. The smallest absolute Gasteiger partial charge is 0.0570 e. The molecule has 0 amide bonds. The minimum atomic E-state index is 0.858. The van der Waals surface area contributed by atoms with Crippen LogP contribution in [0.4, 0.5) is 0 Å². The molecule has 0 N–H and O–H groups in total. The van der Waals surface area contributed by atoms with Crippen molar-refractivity contribution in [3.8, 4) is 5.69 Å². The van der Waals surface area contributed by atoms with Gasteiger partial charge in [-0.05, 0) is 54.3 Å². The molecule has 4 aromatic carbocycles. The SMILES string of the molecule is C1=CC(c2cc3c(c4ccn(Cc5ccccc5)c24)c2ccccc2n3-c2ccccc2)=CCC1. The van der Waals surface area contributed by atoms with Gasteiger partial charge in [-0.25, -0.2) is 0 Å². The lowest BCUT2D eigenvalue weighted by molar-refractivity contribution is 0.836. The molecular weight excluding hydrogens is 424 g/mol. The van der Waals surface area contributed by atoms with Crippen LogP contribution in [0.25, 0.3) is 44.0 Å². The molecule has 0 saturated heterocycles. The summed E-state index contributed by atoms with van der Waals surface area (Å²) in [7, 11) is 0. The van der Waals surface area contributed by atoms with E-state index in [1.165, 1.54) is 55.1 Å². The van der Waals surface area contributed by atoms with Crippen molar-refractivity contribution in [3.05, 3.63) is 133 Å². The van der Waals surface area contributed by atoms with Crippen molar-refractivity contribution in [1.82, 2.24) is 9.13 Å². The molecule has 0 aliphatic heterocycles. The van der Waals surface area contributed by atoms with Gasteiger partial charge in [0.1, 0.15) is 0 Å². The maximum absolute atomic E-state index is 2.43. The van der Waals surface area contributed by atoms with E-state index in [0.717, 1.165) is 19.4 Å². The lowest BCUT2D eigenvalue weighted by atomic mass is 9.95. The van der Waals surface area contributed by atoms with Crippen LogP contribution in [-0.2, 0) is 6.54 Å². The number of nitrogens with zero attached hydrogens (tertiary/aromatic N) is 2. The summed E-state index contributed by atoms with van der Waals surface area (Å²) in [5, 5.41) is 3.95. The molecule has 2 nitrogen and oxygen atoms in total. The van der Waals surface area contributed by atoms with Crippen molar-refractivity contribution in [2.75, 3.05) is 0 Å². The summed E-state index contributed by atoms with van der Waals surface area (Å²) in [6.07, 6.45) is 11.5. The first-order valence-electron chi connectivity index (χ1n) is 12.4. The van der Waals surface area contributed by atoms with Gasteiger partial charge in [-0.15, -0.1) is 0 Å². The summed E-state index contributed by atoms with van der Waals surface area (Å²) >= 11 is 0. The van der Waals surface area contributed by atoms with Gasteiger partial charge >= 0.3 is 0 Å². The summed E-state index contributed by atoms with van der Waals surface area (Å²) in [5.74, 6) is 0. The number of hydrogen-bond donors (Lipinski definition) is 0. The fourth-order valence-corrected chi connectivity index (χ4v) is 5.66. The number of fused-ring (bicyclic) bond motifs is 5. The van der Waals surface area contributed by atoms with Crippen LogP contribution in [0, 0.1) is 0 Å². The van der Waals surface area contributed by atoms with Crippen LogP contribution in [0.15, 0.2) is 121 Å². The molecule has 2 heteroatoms. The van der Waals surface area contributed by atoms with Crippen LogP contribution in [0.3, 0.4) is 0 Å². The zero-order chi connectivity index (χ0) is 23.2. The third-order valence-electron chi connectivity index (χ3n) is 7.20. The Labute approximate surface area is 205 Å². The Hall–Kier alpha value is -4.30. The van der Waals surface area contributed by atoms with Crippen molar-refractivity contribution >= 4 is 38.3 Å². The minimum absolute atomic E-state index is 0.858. The molecule has 1 aliphatic carbocycles. The van der Waals surface area contributed by atoms with Gasteiger partial charge in [-0.2, -0.15) is 0 Å². The highest BCUT2D eigenvalue weighted by atomic mass is 15.0. The molecule has 0 atom stereocenters. The average Bonchev–Trinajstić information content (AvgIpc) is 3.49. The van der Waals surface area contributed by atoms with Crippen LogP contribution >= 0.6 is 0 Å². The summed E-state index contributed by atoms with van der Waals surface area (Å²) in [5.41, 5.74) is 8.96. The first kappa shape index (κ1) is 20.1. The van der Waals surface area contributed by atoms with Crippen molar-refractivity contribution < 1.29 is 0 Å². The van der Waals surface area contributed by atoms with Gasteiger partial charge in [0.05, 0.1) is 16.6 Å². The summed E-state index contributed by atoms with van der Waals surface area (Å²) < 4.78 is 4.85. The molecule has 0 spiro atoms. The highest BCUT2D eigenvalue weighted by molar-refractivity contribution is 6.23. The number of aromatic nitrogens is 2. The maximum Gasteiger partial charge on any atom is 0.0570 e. The van der Waals surface area contributed by atoms with E-state index >= 15 is 0 Å². The highest BCUT2D eigenvalue weighted by Crippen LogP contribution is 2.41. The average molecular weight is 451 g/mol. The van der Waals surface area contributed by atoms with Gasteiger partial charge in [0.2, 0.25) is 0 Å². The normalized spacial score (nSPS) is 13.7. The number of para-hydroxylation sites is 2. The predicted molar refractivity (Wildman–Crippen MR) is 148 cm³/mol. The van der Waals surface area contributed by atoms with E-state index in [1.54, 1.807) is 0 Å². The molecule has 2 aromatic heterocycles. The van der Waals surface area contributed by atoms with Crippen LogP contribution in [-0.4, -0.2) is 9.13 Å². The Bertz CT molecular complexity index is 1750. The molecule has 0 saturated carbocycles. The Kier molecular flexibility index (Phi) is 4.70. The quantitative estimate of drug-likeness (QED) is 0.255. The molecule has 35 heavy (non-hydrogen) atoms. The highest BCUT2D eigenvalue weighted by Gasteiger charge is 2.20. The van der Waals surface area contributed by atoms with E-state index in [1.807, 2.05) is 0 Å². The molecule has 0 unspecified atom stereocenters. The fourth-order valence-electron chi connectivity index (χ4n) is 5.66. The maximum atomic E-state index is 2.43. The standard InChI is InChI=1S/C33H26N2/c1-4-12-24(13-5-1)23-34-21-20-28-32-27-18-10-11-19-30(27)35(26-16-8-3-9-17-26)31(32)22-29(33(28)34)25-14-6-2-7-15-25/h1,3-6,8-22H,2,7,23H2.